The van der Waals surface area contributed by atoms with Crippen LogP contribution in [0.3, 0.4) is 0 Å². The lowest BCUT2D eigenvalue weighted by atomic mass is 10.1. The molecule has 0 aliphatic rings. The maximum Gasteiger partial charge on any atom is 0.296 e. The highest BCUT2D eigenvalue weighted by Crippen LogP contribution is 2.31. The highest BCUT2D eigenvalue weighted by Gasteiger charge is 2.15. The Morgan fingerprint density at radius 3 is 2.59 bits per heavy atom. The van der Waals surface area contributed by atoms with Crippen molar-refractivity contribution in [1.29, 1.82) is 0 Å². The summed E-state index contributed by atoms with van der Waals surface area (Å²) in [5, 5.41) is 11.9. The minimum Gasteiger partial charge on any atom is -0.343 e. The lowest BCUT2D eigenvalue weighted by Gasteiger charge is -2.06. The molecule has 0 aliphatic heterocycles. The Morgan fingerprint density at radius 2 is 1.81 bits per heavy atom. The lowest BCUT2D eigenvalue weighted by molar-refractivity contribution is 0.720. The number of nitrogens with one attached hydrogen (secondary N) is 1. The van der Waals surface area contributed by atoms with E-state index < -0.39 is 0 Å². The minimum absolute atomic E-state index is 0.156. The predicted molar refractivity (Wildman–Crippen MR) is 110 cm³/mol. The van der Waals surface area contributed by atoms with E-state index in [-0.39, 0.29) is 10.3 Å². The number of aryl methyl sites for hydroxylation is 2. The van der Waals surface area contributed by atoms with Crippen LogP contribution in [0.25, 0.3) is 22.2 Å². The molecule has 0 spiro atoms. The third kappa shape index (κ3) is 2.92. The van der Waals surface area contributed by atoms with Crippen LogP contribution in [0.4, 0.5) is 0 Å². The summed E-state index contributed by atoms with van der Waals surface area (Å²) in [7, 11) is 2.02. The highest BCUT2D eigenvalue weighted by atomic mass is 32.1. The number of nitrogens with zero attached hydrogens (tertiary/aromatic N) is 4. The van der Waals surface area contributed by atoms with E-state index in [1.807, 2.05) is 43.4 Å². The quantitative estimate of drug-likeness (QED) is 0.439. The number of hydrogen-bond acceptors (Lipinski definition) is 4. The van der Waals surface area contributed by atoms with Gasteiger partial charge in [-0.2, -0.15) is 14.9 Å². The fourth-order valence-electron chi connectivity index (χ4n) is 3.19. The smallest absolute Gasteiger partial charge is 0.296 e. The van der Waals surface area contributed by atoms with Gasteiger partial charge in [0, 0.05) is 23.5 Å². The zero-order valence-electron chi connectivity index (χ0n) is 14.9. The zero-order valence-corrected chi connectivity index (χ0v) is 15.7. The molecule has 0 radical (unpaired) electrons. The molecule has 4 rings (SSSR count). The summed E-state index contributed by atoms with van der Waals surface area (Å²) in [4.78, 5) is 12.3. The van der Waals surface area contributed by atoms with Crippen molar-refractivity contribution in [3.05, 3.63) is 81.0 Å². The van der Waals surface area contributed by atoms with Crippen LogP contribution in [-0.2, 0) is 7.05 Å². The van der Waals surface area contributed by atoms with Gasteiger partial charge in [-0.1, -0.05) is 48.5 Å². The van der Waals surface area contributed by atoms with Crippen LogP contribution in [0.1, 0.15) is 11.3 Å². The Kier molecular flexibility index (Phi) is 4.29. The zero-order chi connectivity index (χ0) is 19.0. The number of rotatable bonds is 3. The molecule has 1 N–H and O–H groups in total. The van der Waals surface area contributed by atoms with E-state index in [1.54, 1.807) is 13.1 Å². The number of H-pyrrole nitrogens is 1. The van der Waals surface area contributed by atoms with Crippen LogP contribution in [0, 0.1) is 11.7 Å². The Morgan fingerprint density at radius 1 is 1.11 bits per heavy atom. The first kappa shape index (κ1) is 17.1. The fourth-order valence-corrected chi connectivity index (χ4v) is 3.37. The summed E-state index contributed by atoms with van der Waals surface area (Å²) in [6.07, 6.45) is 1.69. The maximum atomic E-state index is 12.3. The van der Waals surface area contributed by atoms with Crippen LogP contribution < -0.4 is 5.56 Å². The number of aromatic amines is 1. The Hall–Kier alpha value is -3.32. The van der Waals surface area contributed by atoms with Crippen LogP contribution in [-0.4, -0.2) is 25.7 Å². The molecule has 0 atom stereocenters. The molecule has 2 aromatic heterocycles. The first-order valence-electron chi connectivity index (χ1n) is 8.43. The third-order valence-electron chi connectivity index (χ3n) is 4.51. The standard InChI is InChI=1S/C20H17N5OS/c1-13-19(26)25(20(27)23-22-13)21-12-16-15-10-6-7-11-17(15)24(2)18(16)14-8-4-3-5-9-14/h3-12H,1-2H3,(H,23,27)/b21-12+. The van der Waals surface area contributed by atoms with Crippen molar-refractivity contribution in [2.75, 3.05) is 0 Å². The van der Waals surface area contributed by atoms with Gasteiger partial charge in [0.2, 0.25) is 4.77 Å². The Labute approximate surface area is 160 Å². The van der Waals surface area contributed by atoms with Gasteiger partial charge in [0.25, 0.3) is 5.56 Å². The minimum atomic E-state index is -0.337. The van der Waals surface area contributed by atoms with Crippen molar-refractivity contribution in [2.24, 2.45) is 12.1 Å². The first-order chi connectivity index (χ1) is 13.1. The molecular weight excluding hydrogens is 358 g/mol. The van der Waals surface area contributed by atoms with E-state index in [4.69, 9.17) is 12.2 Å². The lowest BCUT2D eigenvalue weighted by Crippen LogP contribution is -2.22. The van der Waals surface area contributed by atoms with E-state index in [9.17, 15) is 4.79 Å². The average molecular weight is 375 g/mol. The molecule has 0 unspecified atom stereocenters. The van der Waals surface area contributed by atoms with Gasteiger partial charge in [0.1, 0.15) is 5.69 Å². The third-order valence-corrected chi connectivity index (χ3v) is 4.77. The van der Waals surface area contributed by atoms with Gasteiger partial charge >= 0.3 is 0 Å². The average Bonchev–Trinajstić information content (AvgIpc) is 2.98. The van der Waals surface area contributed by atoms with Gasteiger partial charge in [0.15, 0.2) is 0 Å². The second-order valence-corrected chi connectivity index (χ2v) is 6.57. The molecule has 0 fully saturated rings. The molecule has 134 valence electrons. The van der Waals surface area contributed by atoms with Gasteiger partial charge in [-0.3, -0.25) is 9.89 Å². The summed E-state index contributed by atoms with van der Waals surface area (Å²) >= 11 is 5.17. The summed E-state index contributed by atoms with van der Waals surface area (Å²) in [6, 6.07) is 18.2. The van der Waals surface area contributed by atoms with Crippen molar-refractivity contribution in [3.8, 4) is 11.3 Å². The van der Waals surface area contributed by atoms with Crippen molar-refractivity contribution in [3.63, 3.8) is 0 Å². The molecule has 0 saturated carbocycles. The topological polar surface area (TPSA) is 68.0 Å². The van der Waals surface area contributed by atoms with E-state index in [2.05, 4.69) is 38.1 Å². The number of hydrogen-bond donors (Lipinski definition) is 1. The molecule has 0 aliphatic carbocycles. The molecule has 7 heteroatoms. The second-order valence-electron chi connectivity index (χ2n) is 6.18. The molecule has 0 bridgehead atoms. The largest absolute Gasteiger partial charge is 0.343 e. The van der Waals surface area contributed by atoms with E-state index in [0.717, 1.165) is 32.4 Å². The number of para-hydroxylation sites is 1. The highest BCUT2D eigenvalue weighted by molar-refractivity contribution is 7.71. The van der Waals surface area contributed by atoms with Crippen LogP contribution >= 0.6 is 12.2 Å². The Balaban J connectivity index is 1.99. The summed E-state index contributed by atoms with van der Waals surface area (Å²) in [5.41, 5.74) is 4.07. The van der Waals surface area contributed by atoms with Crippen molar-refractivity contribution >= 4 is 29.3 Å². The van der Waals surface area contributed by atoms with Crippen molar-refractivity contribution in [2.45, 2.75) is 6.92 Å². The SMILES string of the molecule is Cc1n[nH]c(=S)n(/N=C/c2c(-c3ccccc3)n(C)c3ccccc23)c1=O. The predicted octanol–water partition coefficient (Wildman–Crippen LogP) is 3.65. The molecule has 2 aromatic carbocycles. The van der Waals surface area contributed by atoms with Crippen molar-refractivity contribution < 1.29 is 0 Å². The molecule has 6 nitrogen and oxygen atoms in total. The normalized spacial score (nSPS) is 11.5. The number of fused-ring (bicyclic) bond motifs is 1. The number of aromatic nitrogens is 4. The van der Waals surface area contributed by atoms with E-state index in [1.165, 1.54) is 0 Å². The molecule has 4 aromatic rings. The molecular formula is C20H17N5OS. The van der Waals surface area contributed by atoms with Gasteiger partial charge in [-0.25, -0.2) is 0 Å². The van der Waals surface area contributed by atoms with Crippen LogP contribution in [0.2, 0.25) is 0 Å². The van der Waals surface area contributed by atoms with E-state index >= 15 is 0 Å². The first-order valence-corrected chi connectivity index (χ1v) is 8.84. The second kappa shape index (κ2) is 6.77. The van der Waals surface area contributed by atoms with Crippen LogP contribution in [0.5, 0.6) is 0 Å². The van der Waals surface area contributed by atoms with E-state index in [0.29, 0.717) is 5.69 Å². The van der Waals surface area contributed by atoms with Gasteiger partial charge in [0.05, 0.1) is 11.9 Å². The maximum absolute atomic E-state index is 12.3. The summed E-state index contributed by atoms with van der Waals surface area (Å²) in [5.74, 6) is 0. The molecule has 2 heterocycles. The molecule has 27 heavy (non-hydrogen) atoms. The van der Waals surface area contributed by atoms with Gasteiger partial charge in [-0.05, 0) is 30.8 Å². The fraction of sp³-hybridized carbons (Fsp3) is 0.100. The summed E-state index contributed by atoms with van der Waals surface area (Å²) in [6.45, 7) is 1.62. The Bertz CT molecular complexity index is 1280. The molecule has 0 saturated heterocycles. The molecule has 0 amide bonds. The monoisotopic (exact) mass is 375 g/mol. The van der Waals surface area contributed by atoms with Gasteiger partial charge < -0.3 is 4.57 Å². The summed E-state index contributed by atoms with van der Waals surface area (Å²) < 4.78 is 3.45. The van der Waals surface area contributed by atoms with Crippen molar-refractivity contribution in [1.82, 2.24) is 19.4 Å². The number of benzene rings is 2. The van der Waals surface area contributed by atoms with Gasteiger partial charge in [-0.15, -0.1) is 0 Å². The van der Waals surface area contributed by atoms with Crippen LogP contribution in [0.15, 0.2) is 64.5 Å².